The Hall–Kier alpha value is -1.06. The first kappa shape index (κ1) is 14.4. The number of ether oxygens (including phenoxy) is 1. The molecule has 0 amide bonds. The first-order chi connectivity index (χ1) is 9.24. The smallest absolute Gasteiger partial charge is 0.119 e. The van der Waals surface area contributed by atoms with Crippen LogP contribution in [0.1, 0.15) is 37.8 Å². The van der Waals surface area contributed by atoms with Crippen molar-refractivity contribution in [1.29, 1.82) is 0 Å². The Morgan fingerprint density at radius 2 is 2.00 bits per heavy atom. The highest BCUT2D eigenvalue weighted by molar-refractivity contribution is 5.29. The zero-order valence-corrected chi connectivity index (χ0v) is 12.4. The van der Waals surface area contributed by atoms with E-state index >= 15 is 0 Å². The van der Waals surface area contributed by atoms with Crippen LogP contribution in [0.15, 0.2) is 24.3 Å². The Bertz CT molecular complexity index is 369. The first-order valence-electron chi connectivity index (χ1n) is 7.35. The van der Waals surface area contributed by atoms with Crippen molar-refractivity contribution in [3.63, 3.8) is 0 Å². The zero-order chi connectivity index (χ0) is 13.7. The Kier molecular flexibility index (Phi) is 5.23. The predicted octanol–water partition coefficient (Wildman–Crippen LogP) is 2.83. The van der Waals surface area contributed by atoms with Crippen molar-refractivity contribution < 1.29 is 4.74 Å². The summed E-state index contributed by atoms with van der Waals surface area (Å²) >= 11 is 0. The van der Waals surface area contributed by atoms with Gasteiger partial charge in [-0.15, -0.1) is 0 Å². The average molecular weight is 262 g/mol. The van der Waals surface area contributed by atoms with Crippen LogP contribution < -0.4 is 10.1 Å². The lowest BCUT2D eigenvalue weighted by molar-refractivity contribution is 0.232. The molecule has 1 atom stereocenters. The number of nitrogens with zero attached hydrogens (tertiary/aromatic N) is 1. The molecule has 0 saturated heterocycles. The maximum absolute atomic E-state index is 5.79. The lowest BCUT2D eigenvalue weighted by Crippen LogP contribution is -2.26. The molecule has 19 heavy (non-hydrogen) atoms. The Morgan fingerprint density at radius 1 is 1.32 bits per heavy atom. The summed E-state index contributed by atoms with van der Waals surface area (Å²) in [5, 5.41) is 3.32. The van der Waals surface area contributed by atoms with Crippen LogP contribution in [0.5, 0.6) is 5.75 Å². The van der Waals surface area contributed by atoms with Crippen LogP contribution >= 0.6 is 0 Å². The molecule has 106 valence electrons. The minimum atomic E-state index is 0.440. The van der Waals surface area contributed by atoms with Crippen LogP contribution in [0.25, 0.3) is 0 Å². The van der Waals surface area contributed by atoms with Crippen molar-refractivity contribution >= 4 is 0 Å². The summed E-state index contributed by atoms with van der Waals surface area (Å²) in [6, 6.07) is 9.72. The SMILES string of the molecule is CCC(NC)c1ccc(OCCN(C)C2CC2)cc1. The van der Waals surface area contributed by atoms with E-state index < -0.39 is 0 Å². The van der Waals surface area contributed by atoms with Crippen molar-refractivity contribution in [3.8, 4) is 5.75 Å². The van der Waals surface area contributed by atoms with Gasteiger partial charge in [0.25, 0.3) is 0 Å². The van der Waals surface area contributed by atoms with E-state index in [0.29, 0.717) is 6.04 Å². The minimum Gasteiger partial charge on any atom is -0.492 e. The van der Waals surface area contributed by atoms with Gasteiger partial charge in [-0.05, 0) is 51.1 Å². The largest absolute Gasteiger partial charge is 0.492 e. The number of rotatable bonds is 8. The summed E-state index contributed by atoms with van der Waals surface area (Å²) in [6.07, 6.45) is 3.81. The lowest BCUT2D eigenvalue weighted by atomic mass is 10.1. The van der Waals surface area contributed by atoms with Crippen molar-refractivity contribution in [2.45, 2.75) is 38.3 Å². The molecule has 2 rings (SSSR count). The van der Waals surface area contributed by atoms with Gasteiger partial charge < -0.3 is 15.0 Å². The van der Waals surface area contributed by atoms with Crippen LogP contribution in [0, 0.1) is 0 Å². The second-order valence-corrected chi connectivity index (χ2v) is 5.38. The van der Waals surface area contributed by atoms with Gasteiger partial charge in [-0.3, -0.25) is 0 Å². The molecule has 0 spiro atoms. The third-order valence-electron chi connectivity index (χ3n) is 3.92. The van der Waals surface area contributed by atoms with Crippen molar-refractivity contribution in [3.05, 3.63) is 29.8 Å². The molecule has 1 aromatic carbocycles. The highest BCUT2D eigenvalue weighted by Gasteiger charge is 2.25. The first-order valence-corrected chi connectivity index (χ1v) is 7.35. The summed E-state index contributed by atoms with van der Waals surface area (Å²) in [7, 11) is 4.19. The fraction of sp³-hybridized carbons (Fsp3) is 0.625. The number of hydrogen-bond acceptors (Lipinski definition) is 3. The molecule has 3 heteroatoms. The third kappa shape index (κ3) is 4.22. The molecule has 0 radical (unpaired) electrons. The molecule has 1 N–H and O–H groups in total. The summed E-state index contributed by atoms with van der Waals surface area (Å²) < 4.78 is 5.79. The summed E-state index contributed by atoms with van der Waals surface area (Å²) in [6.45, 7) is 3.98. The molecule has 3 nitrogen and oxygen atoms in total. The predicted molar refractivity (Wildman–Crippen MR) is 79.7 cm³/mol. The molecule has 1 aromatic rings. The Labute approximate surface area is 116 Å². The van der Waals surface area contributed by atoms with Crippen molar-refractivity contribution in [2.75, 3.05) is 27.2 Å². The van der Waals surface area contributed by atoms with Crippen LogP contribution in [0.2, 0.25) is 0 Å². The normalized spacial score (nSPS) is 16.6. The molecule has 0 bridgehead atoms. The molecular weight excluding hydrogens is 236 g/mol. The minimum absolute atomic E-state index is 0.440. The third-order valence-corrected chi connectivity index (χ3v) is 3.92. The van der Waals surface area contributed by atoms with Crippen LogP contribution in [-0.4, -0.2) is 38.2 Å². The van der Waals surface area contributed by atoms with Gasteiger partial charge in [0.1, 0.15) is 12.4 Å². The molecule has 1 aliphatic rings. The van der Waals surface area contributed by atoms with Gasteiger partial charge in [-0.1, -0.05) is 19.1 Å². The molecule has 1 unspecified atom stereocenters. The van der Waals surface area contributed by atoms with Gasteiger partial charge in [-0.25, -0.2) is 0 Å². The highest BCUT2D eigenvalue weighted by Crippen LogP contribution is 2.25. The standard InChI is InChI=1S/C16H26N2O/c1-4-16(17-2)13-5-9-15(10-6-13)19-12-11-18(3)14-7-8-14/h5-6,9-10,14,16-17H,4,7-8,11-12H2,1-3H3. The van der Waals surface area contributed by atoms with E-state index in [1.807, 2.05) is 7.05 Å². The molecule has 1 fully saturated rings. The second kappa shape index (κ2) is 6.92. The van der Waals surface area contributed by atoms with E-state index in [2.05, 4.69) is 48.5 Å². The maximum atomic E-state index is 5.79. The monoisotopic (exact) mass is 262 g/mol. The lowest BCUT2D eigenvalue weighted by Gasteiger charge is -2.17. The number of hydrogen-bond donors (Lipinski definition) is 1. The summed E-state index contributed by atoms with van der Waals surface area (Å²) in [5.41, 5.74) is 1.33. The molecule has 0 aromatic heterocycles. The number of benzene rings is 1. The fourth-order valence-electron chi connectivity index (χ4n) is 2.41. The zero-order valence-electron chi connectivity index (χ0n) is 12.4. The van der Waals surface area contributed by atoms with E-state index in [-0.39, 0.29) is 0 Å². The van der Waals surface area contributed by atoms with Crippen molar-refractivity contribution in [2.24, 2.45) is 0 Å². The van der Waals surface area contributed by atoms with E-state index in [9.17, 15) is 0 Å². The molecule has 1 saturated carbocycles. The van der Waals surface area contributed by atoms with Gasteiger partial charge in [0.15, 0.2) is 0 Å². The second-order valence-electron chi connectivity index (χ2n) is 5.38. The summed E-state index contributed by atoms with van der Waals surface area (Å²) in [4.78, 5) is 2.39. The van der Waals surface area contributed by atoms with Crippen LogP contribution in [0.4, 0.5) is 0 Å². The number of likely N-dealkylation sites (N-methyl/N-ethyl adjacent to an activating group) is 1. The van der Waals surface area contributed by atoms with Crippen molar-refractivity contribution in [1.82, 2.24) is 10.2 Å². The van der Waals surface area contributed by atoms with Gasteiger partial charge >= 0.3 is 0 Å². The van der Waals surface area contributed by atoms with Gasteiger partial charge in [-0.2, -0.15) is 0 Å². The van der Waals surface area contributed by atoms with Gasteiger partial charge in [0.2, 0.25) is 0 Å². The molecule has 0 aliphatic heterocycles. The average Bonchev–Trinajstić information content (AvgIpc) is 3.26. The van der Waals surface area contributed by atoms with Gasteiger partial charge in [0.05, 0.1) is 0 Å². The highest BCUT2D eigenvalue weighted by atomic mass is 16.5. The van der Waals surface area contributed by atoms with Gasteiger partial charge in [0, 0.05) is 18.6 Å². The molecule has 0 heterocycles. The van der Waals surface area contributed by atoms with E-state index in [0.717, 1.165) is 31.4 Å². The Balaban J connectivity index is 1.77. The molecule has 1 aliphatic carbocycles. The van der Waals surface area contributed by atoms with Crippen LogP contribution in [0.3, 0.4) is 0 Å². The quantitative estimate of drug-likeness (QED) is 0.779. The van der Waals surface area contributed by atoms with E-state index in [1.54, 1.807) is 0 Å². The van der Waals surface area contributed by atoms with E-state index in [1.165, 1.54) is 18.4 Å². The fourth-order valence-corrected chi connectivity index (χ4v) is 2.41. The van der Waals surface area contributed by atoms with E-state index in [4.69, 9.17) is 4.74 Å². The Morgan fingerprint density at radius 3 is 2.53 bits per heavy atom. The maximum Gasteiger partial charge on any atom is 0.119 e. The molecular formula is C16H26N2O. The number of nitrogens with one attached hydrogen (secondary N) is 1. The van der Waals surface area contributed by atoms with Crippen LogP contribution in [-0.2, 0) is 0 Å². The topological polar surface area (TPSA) is 24.5 Å². The summed E-state index contributed by atoms with van der Waals surface area (Å²) in [5.74, 6) is 0.971.